The summed E-state index contributed by atoms with van der Waals surface area (Å²) in [5, 5.41) is 2.57. The zero-order valence-corrected chi connectivity index (χ0v) is 23.3. The molecule has 0 fully saturated rings. The van der Waals surface area contributed by atoms with Crippen LogP contribution in [-0.4, -0.2) is 51.4 Å². The second kappa shape index (κ2) is 12.7. The first-order valence-electron chi connectivity index (χ1n) is 11.7. The summed E-state index contributed by atoms with van der Waals surface area (Å²) in [5.41, 5.74) is 1.13. The number of benzene rings is 3. The van der Waals surface area contributed by atoms with E-state index in [1.807, 2.05) is 31.2 Å². The summed E-state index contributed by atoms with van der Waals surface area (Å²) < 4.78 is 34.9. The van der Waals surface area contributed by atoms with Crippen molar-refractivity contribution >= 4 is 43.5 Å². The zero-order valence-electron chi connectivity index (χ0n) is 20.9. The van der Waals surface area contributed by atoms with Gasteiger partial charge in [0, 0.05) is 18.1 Å². The first-order chi connectivity index (χ1) is 17.7. The van der Waals surface area contributed by atoms with Gasteiger partial charge >= 0.3 is 0 Å². The summed E-state index contributed by atoms with van der Waals surface area (Å²) in [6.45, 7) is 3.55. The van der Waals surface area contributed by atoms with Crippen LogP contribution in [0.15, 0.2) is 88.2 Å². The van der Waals surface area contributed by atoms with E-state index in [9.17, 15) is 18.0 Å². The Kier molecular flexibility index (Phi) is 9.71. The highest BCUT2D eigenvalue weighted by Crippen LogP contribution is 2.26. The number of hydrogen-bond acceptors (Lipinski definition) is 5. The standard InChI is InChI=1S/C27H30BrN3O5S/c1-4-36-24-14-16-25(17-15-24)37(34,35)31(23-8-6-5-7-9-23)19-26(32)30(20(2)27(33)29-3)18-21-10-12-22(28)13-11-21/h5-17,20H,4,18-19H2,1-3H3,(H,29,33). The molecular formula is C27H30BrN3O5S. The maximum Gasteiger partial charge on any atom is 0.264 e. The fraction of sp³-hybridized carbons (Fsp3) is 0.259. The van der Waals surface area contributed by atoms with Gasteiger partial charge in [0.25, 0.3) is 10.0 Å². The second-order valence-electron chi connectivity index (χ2n) is 8.19. The van der Waals surface area contributed by atoms with Gasteiger partial charge in [-0.05, 0) is 67.9 Å². The Morgan fingerprint density at radius 2 is 1.59 bits per heavy atom. The van der Waals surface area contributed by atoms with Gasteiger partial charge < -0.3 is 15.0 Å². The minimum Gasteiger partial charge on any atom is -0.494 e. The van der Waals surface area contributed by atoms with Crippen molar-refractivity contribution in [1.82, 2.24) is 10.2 Å². The number of hydrogen-bond donors (Lipinski definition) is 1. The third-order valence-corrected chi connectivity index (χ3v) is 8.04. The molecular weight excluding hydrogens is 558 g/mol. The molecule has 8 nitrogen and oxygen atoms in total. The summed E-state index contributed by atoms with van der Waals surface area (Å²) in [6, 6.07) is 21.0. The predicted molar refractivity (Wildman–Crippen MR) is 147 cm³/mol. The van der Waals surface area contributed by atoms with Crippen molar-refractivity contribution in [2.45, 2.75) is 31.3 Å². The van der Waals surface area contributed by atoms with E-state index in [1.54, 1.807) is 49.4 Å². The number of ether oxygens (including phenoxy) is 1. The van der Waals surface area contributed by atoms with Crippen LogP contribution in [0.1, 0.15) is 19.4 Å². The van der Waals surface area contributed by atoms with Crippen LogP contribution in [0.4, 0.5) is 5.69 Å². The lowest BCUT2D eigenvalue weighted by Gasteiger charge is -2.31. The van der Waals surface area contributed by atoms with Gasteiger partial charge in [-0.25, -0.2) is 8.42 Å². The fourth-order valence-corrected chi connectivity index (χ4v) is 5.38. The van der Waals surface area contributed by atoms with Gasteiger partial charge in [0.15, 0.2) is 0 Å². The number of sulfonamides is 1. The van der Waals surface area contributed by atoms with Crippen molar-refractivity contribution in [2.24, 2.45) is 0 Å². The van der Waals surface area contributed by atoms with E-state index in [1.165, 1.54) is 24.1 Å². The van der Waals surface area contributed by atoms with Crippen molar-refractivity contribution in [3.05, 3.63) is 88.9 Å². The van der Waals surface area contributed by atoms with Crippen molar-refractivity contribution in [1.29, 1.82) is 0 Å². The van der Waals surface area contributed by atoms with Gasteiger partial charge in [-0.3, -0.25) is 13.9 Å². The summed E-state index contributed by atoms with van der Waals surface area (Å²) in [7, 11) is -2.63. The number of rotatable bonds is 11. The van der Waals surface area contributed by atoms with Gasteiger partial charge in [-0.15, -0.1) is 0 Å². The molecule has 0 aromatic heterocycles. The van der Waals surface area contributed by atoms with Gasteiger partial charge in [0.05, 0.1) is 17.2 Å². The highest BCUT2D eigenvalue weighted by atomic mass is 79.9. The molecule has 1 unspecified atom stereocenters. The lowest BCUT2D eigenvalue weighted by atomic mass is 10.1. The zero-order chi connectivity index (χ0) is 27.0. The molecule has 0 bridgehead atoms. The van der Waals surface area contributed by atoms with Crippen LogP contribution >= 0.6 is 15.9 Å². The van der Waals surface area contributed by atoms with Crippen LogP contribution in [-0.2, 0) is 26.2 Å². The summed E-state index contributed by atoms with van der Waals surface area (Å²) in [4.78, 5) is 27.6. The Labute approximate surface area is 226 Å². The van der Waals surface area contributed by atoms with Gasteiger partial charge in [0.2, 0.25) is 11.8 Å². The second-order valence-corrected chi connectivity index (χ2v) is 11.0. The highest BCUT2D eigenvalue weighted by Gasteiger charge is 2.32. The Morgan fingerprint density at radius 1 is 0.973 bits per heavy atom. The van der Waals surface area contributed by atoms with Gasteiger partial charge in [-0.2, -0.15) is 0 Å². The van der Waals surface area contributed by atoms with Crippen molar-refractivity contribution in [2.75, 3.05) is 24.5 Å². The van der Waals surface area contributed by atoms with Crippen LogP contribution in [0.25, 0.3) is 0 Å². The van der Waals surface area contributed by atoms with Crippen LogP contribution in [0.2, 0.25) is 0 Å². The molecule has 1 N–H and O–H groups in total. The quantitative estimate of drug-likeness (QED) is 0.362. The molecule has 0 spiro atoms. The average molecular weight is 589 g/mol. The number of para-hydroxylation sites is 1. The van der Waals surface area contributed by atoms with Crippen molar-refractivity contribution in [3.8, 4) is 5.75 Å². The number of carbonyl (C=O) groups excluding carboxylic acids is 2. The topological polar surface area (TPSA) is 96.0 Å². The number of nitrogens with zero attached hydrogens (tertiary/aromatic N) is 2. The Morgan fingerprint density at radius 3 is 2.16 bits per heavy atom. The fourth-order valence-electron chi connectivity index (χ4n) is 3.70. The molecule has 196 valence electrons. The van der Waals surface area contributed by atoms with E-state index in [0.29, 0.717) is 18.0 Å². The average Bonchev–Trinajstić information content (AvgIpc) is 2.91. The van der Waals surface area contributed by atoms with E-state index in [-0.39, 0.29) is 17.3 Å². The molecule has 37 heavy (non-hydrogen) atoms. The highest BCUT2D eigenvalue weighted by molar-refractivity contribution is 9.10. The van der Waals surface area contributed by atoms with Crippen LogP contribution in [0.5, 0.6) is 5.75 Å². The lowest BCUT2D eigenvalue weighted by molar-refractivity contribution is -0.139. The van der Waals surface area contributed by atoms with Crippen molar-refractivity contribution < 1.29 is 22.7 Å². The SMILES string of the molecule is CCOc1ccc(S(=O)(=O)N(CC(=O)N(Cc2ccc(Br)cc2)C(C)C(=O)NC)c2ccccc2)cc1. The van der Waals surface area contributed by atoms with Gasteiger partial charge in [-0.1, -0.05) is 46.3 Å². The number of amides is 2. The molecule has 1 atom stereocenters. The van der Waals surface area contributed by atoms with E-state index >= 15 is 0 Å². The number of anilines is 1. The summed E-state index contributed by atoms with van der Waals surface area (Å²) in [5.74, 6) is -0.327. The molecule has 3 aromatic carbocycles. The normalized spacial score (nSPS) is 11.9. The Hall–Kier alpha value is -3.37. The van der Waals surface area contributed by atoms with Crippen molar-refractivity contribution in [3.63, 3.8) is 0 Å². The van der Waals surface area contributed by atoms with E-state index in [0.717, 1.165) is 14.3 Å². The molecule has 3 rings (SSSR count). The molecule has 0 saturated heterocycles. The molecule has 0 saturated carbocycles. The molecule has 2 amide bonds. The maximum atomic E-state index is 13.7. The number of halogens is 1. The molecule has 3 aromatic rings. The summed E-state index contributed by atoms with van der Waals surface area (Å²) in [6.07, 6.45) is 0. The molecule has 0 aliphatic carbocycles. The number of nitrogens with one attached hydrogen (secondary N) is 1. The van der Waals surface area contributed by atoms with E-state index < -0.39 is 28.5 Å². The Balaban J connectivity index is 1.98. The molecule has 0 heterocycles. The lowest BCUT2D eigenvalue weighted by Crippen LogP contribution is -2.50. The monoisotopic (exact) mass is 587 g/mol. The minimum absolute atomic E-state index is 0.0198. The van der Waals surface area contributed by atoms with Crippen LogP contribution in [0, 0.1) is 0 Å². The molecule has 0 aliphatic heterocycles. The first-order valence-corrected chi connectivity index (χ1v) is 14.0. The molecule has 0 radical (unpaired) electrons. The first kappa shape index (κ1) is 28.2. The Bertz CT molecular complexity index is 1300. The molecule has 10 heteroatoms. The van der Waals surface area contributed by atoms with Gasteiger partial charge in [0.1, 0.15) is 18.3 Å². The molecule has 0 aliphatic rings. The van der Waals surface area contributed by atoms with E-state index in [4.69, 9.17) is 4.74 Å². The third-order valence-electron chi connectivity index (χ3n) is 5.73. The number of likely N-dealkylation sites (N-methyl/N-ethyl adjacent to an activating group) is 1. The minimum atomic E-state index is -4.12. The van der Waals surface area contributed by atoms with Crippen LogP contribution < -0.4 is 14.4 Å². The third kappa shape index (κ3) is 7.11. The largest absolute Gasteiger partial charge is 0.494 e. The maximum absolute atomic E-state index is 13.7. The number of carbonyl (C=O) groups is 2. The predicted octanol–water partition coefficient (Wildman–Crippen LogP) is 4.21. The summed E-state index contributed by atoms with van der Waals surface area (Å²) >= 11 is 3.39. The smallest absolute Gasteiger partial charge is 0.264 e. The van der Waals surface area contributed by atoms with Crippen LogP contribution in [0.3, 0.4) is 0 Å². The van der Waals surface area contributed by atoms with E-state index in [2.05, 4.69) is 21.2 Å².